The van der Waals surface area contributed by atoms with Crippen LogP contribution in [0.5, 0.6) is 0 Å². The highest BCUT2D eigenvalue weighted by molar-refractivity contribution is 5.94. The first-order chi connectivity index (χ1) is 6.56. The number of halogens is 1. The minimum atomic E-state index is -0.345. The van der Waals surface area contributed by atoms with Crippen molar-refractivity contribution in [2.75, 3.05) is 18.5 Å². The highest BCUT2D eigenvalue weighted by Gasteiger charge is 2.08. The standard InChI is InChI=1S/C11H14FNO/c1-4-13(3)11-6-5-9(8(2)14)7-10(11)12/h5-7H,4H2,1-3H3. The third kappa shape index (κ3) is 2.10. The molecule has 0 aliphatic rings. The van der Waals surface area contributed by atoms with E-state index in [9.17, 15) is 9.18 Å². The molecule has 0 unspecified atom stereocenters. The number of nitrogens with zero attached hydrogens (tertiary/aromatic N) is 1. The maximum absolute atomic E-state index is 13.5. The molecule has 0 bridgehead atoms. The SMILES string of the molecule is CCN(C)c1ccc(C(C)=O)cc1F. The Kier molecular flexibility index (Phi) is 3.23. The van der Waals surface area contributed by atoms with Gasteiger partial charge in [0.25, 0.3) is 0 Å². The van der Waals surface area contributed by atoms with E-state index in [0.29, 0.717) is 11.3 Å². The van der Waals surface area contributed by atoms with E-state index in [0.717, 1.165) is 6.54 Å². The van der Waals surface area contributed by atoms with E-state index >= 15 is 0 Å². The van der Waals surface area contributed by atoms with Crippen LogP contribution in [0.2, 0.25) is 0 Å². The van der Waals surface area contributed by atoms with Gasteiger partial charge >= 0.3 is 0 Å². The Balaban J connectivity index is 3.07. The Morgan fingerprint density at radius 3 is 2.57 bits per heavy atom. The van der Waals surface area contributed by atoms with Crippen LogP contribution in [-0.2, 0) is 0 Å². The molecule has 1 aromatic carbocycles. The molecule has 14 heavy (non-hydrogen) atoms. The number of carbonyl (C=O) groups is 1. The van der Waals surface area contributed by atoms with Gasteiger partial charge in [-0.05, 0) is 32.0 Å². The summed E-state index contributed by atoms with van der Waals surface area (Å²) in [5.41, 5.74) is 0.938. The van der Waals surface area contributed by atoms with Gasteiger partial charge in [0, 0.05) is 19.2 Å². The van der Waals surface area contributed by atoms with Crippen LogP contribution in [0.4, 0.5) is 10.1 Å². The Hall–Kier alpha value is -1.38. The molecule has 0 N–H and O–H groups in total. The summed E-state index contributed by atoms with van der Waals surface area (Å²) >= 11 is 0. The van der Waals surface area contributed by atoms with Crippen LogP contribution in [0.1, 0.15) is 24.2 Å². The predicted octanol–water partition coefficient (Wildman–Crippen LogP) is 2.48. The van der Waals surface area contributed by atoms with Crippen molar-refractivity contribution >= 4 is 11.5 Å². The largest absolute Gasteiger partial charge is 0.373 e. The average molecular weight is 195 g/mol. The maximum Gasteiger partial charge on any atom is 0.159 e. The van der Waals surface area contributed by atoms with Gasteiger partial charge in [0.2, 0.25) is 0 Å². The lowest BCUT2D eigenvalue weighted by atomic mass is 10.1. The molecule has 0 aliphatic heterocycles. The molecule has 0 saturated carbocycles. The third-order valence-electron chi connectivity index (χ3n) is 2.24. The zero-order chi connectivity index (χ0) is 10.7. The van der Waals surface area contributed by atoms with E-state index in [4.69, 9.17) is 0 Å². The molecule has 2 nitrogen and oxygen atoms in total. The van der Waals surface area contributed by atoms with E-state index in [-0.39, 0.29) is 11.6 Å². The number of benzene rings is 1. The second-order valence-corrected chi connectivity index (χ2v) is 3.24. The third-order valence-corrected chi connectivity index (χ3v) is 2.24. The molecule has 1 rings (SSSR count). The molecule has 0 heterocycles. The zero-order valence-electron chi connectivity index (χ0n) is 8.67. The fraction of sp³-hybridized carbons (Fsp3) is 0.364. The van der Waals surface area contributed by atoms with Crippen molar-refractivity contribution in [3.63, 3.8) is 0 Å². The second-order valence-electron chi connectivity index (χ2n) is 3.24. The van der Waals surface area contributed by atoms with Gasteiger partial charge in [-0.15, -0.1) is 0 Å². The van der Waals surface area contributed by atoms with Crippen molar-refractivity contribution in [2.24, 2.45) is 0 Å². The lowest BCUT2D eigenvalue weighted by Crippen LogP contribution is -2.17. The first-order valence-corrected chi connectivity index (χ1v) is 4.58. The number of hydrogen-bond acceptors (Lipinski definition) is 2. The zero-order valence-corrected chi connectivity index (χ0v) is 8.67. The molecular formula is C11H14FNO. The molecule has 0 aromatic heterocycles. The van der Waals surface area contributed by atoms with E-state index in [2.05, 4.69) is 0 Å². The first kappa shape index (κ1) is 10.7. The minimum absolute atomic E-state index is 0.116. The van der Waals surface area contributed by atoms with Crippen LogP contribution in [0.15, 0.2) is 18.2 Å². The first-order valence-electron chi connectivity index (χ1n) is 4.58. The van der Waals surface area contributed by atoms with E-state index in [1.165, 1.54) is 13.0 Å². The Morgan fingerprint density at radius 2 is 2.14 bits per heavy atom. The molecule has 3 heteroatoms. The summed E-state index contributed by atoms with van der Waals surface area (Å²) in [5, 5.41) is 0. The molecule has 0 aliphatic carbocycles. The summed E-state index contributed by atoms with van der Waals surface area (Å²) in [4.78, 5) is 12.8. The van der Waals surface area contributed by atoms with Crippen LogP contribution >= 0.6 is 0 Å². The topological polar surface area (TPSA) is 20.3 Å². The molecule has 0 spiro atoms. The molecule has 0 fully saturated rings. The van der Waals surface area contributed by atoms with Crippen molar-refractivity contribution < 1.29 is 9.18 Å². The summed E-state index contributed by atoms with van der Waals surface area (Å²) in [6.45, 7) is 4.10. The maximum atomic E-state index is 13.5. The number of anilines is 1. The van der Waals surface area contributed by atoms with Crippen molar-refractivity contribution in [1.82, 2.24) is 0 Å². The van der Waals surface area contributed by atoms with Gasteiger partial charge in [0.05, 0.1) is 5.69 Å². The van der Waals surface area contributed by atoms with Crippen LogP contribution in [0.3, 0.4) is 0 Å². The summed E-state index contributed by atoms with van der Waals surface area (Å²) in [5.74, 6) is -0.461. The molecule has 76 valence electrons. The van der Waals surface area contributed by atoms with Crippen LogP contribution in [0.25, 0.3) is 0 Å². The van der Waals surface area contributed by atoms with Crippen LogP contribution < -0.4 is 4.90 Å². The smallest absolute Gasteiger partial charge is 0.159 e. The van der Waals surface area contributed by atoms with Crippen LogP contribution in [0, 0.1) is 5.82 Å². The quantitative estimate of drug-likeness (QED) is 0.690. The number of carbonyl (C=O) groups excluding carboxylic acids is 1. The normalized spacial score (nSPS) is 10.0. The monoisotopic (exact) mass is 195 g/mol. The summed E-state index contributed by atoms with van der Waals surface area (Å²) in [7, 11) is 1.81. The van der Waals surface area contributed by atoms with Gasteiger partial charge in [-0.2, -0.15) is 0 Å². The van der Waals surface area contributed by atoms with E-state index in [1.807, 2.05) is 14.0 Å². The number of hydrogen-bond donors (Lipinski definition) is 0. The summed E-state index contributed by atoms with van der Waals surface area (Å²) in [6, 6.07) is 4.56. The predicted molar refractivity (Wildman–Crippen MR) is 55.3 cm³/mol. The lowest BCUT2D eigenvalue weighted by Gasteiger charge is -2.17. The highest BCUT2D eigenvalue weighted by Crippen LogP contribution is 2.19. The molecule has 0 amide bonds. The van der Waals surface area contributed by atoms with Crippen molar-refractivity contribution in [3.05, 3.63) is 29.6 Å². The summed E-state index contributed by atoms with van der Waals surface area (Å²) < 4.78 is 13.5. The van der Waals surface area contributed by atoms with Crippen molar-refractivity contribution in [3.8, 4) is 0 Å². The van der Waals surface area contributed by atoms with Crippen molar-refractivity contribution in [1.29, 1.82) is 0 Å². The van der Waals surface area contributed by atoms with E-state index < -0.39 is 0 Å². The van der Waals surface area contributed by atoms with Crippen LogP contribution in [-0.4, -0.2) is 19.4 Å². The number of Topliss-reactive ketones (excluding diaryl/α,β-unsaturated/α-hetero) is 1. The highest BCUT2D eigenvalue weighted by atomic mass is 19.1. The second kappa shape index (κ2) is 4.22. The molecule has 0 radical (unpaired) electrons. The van der Waals surface area contributed by atoms with Gasteiger partial charge in [-0.3, -0.25) is 4.79 Å². The number of rotatable bonds is 3. The molecule has 0 saturated heterocycles. The van der Waals surface area contributed by atoms with E-state index in [1.54, 1.807) is 17.0 Å². The van der Waals surface area contributed by atoms with Gasteiger partial charge in [-0.25, -0.2) is 4.39 Å². The molecular weight excluding hydrogens is 181 g/mol. The fourth-order valence-corrected chi connectivity index (χ4v) is 1.21. The van der Waals surface area contributed by atoms with Gasteiger partial charge in [0.1, 0.15) is 5.82 Å². The van der Waals surface area contributed by atoms with Crippen molar-refractivity contribution in [2.45, 2.75) is 13.8 Å². The van der Waals surface area contributed by atoms with Gasteiger partial charge in [0.15, 0.2) is 5.78 Å². The summed E-state index contributed by atoms with van der Waals surface area (Å²) in [6.07, 6.45) is 0. The molecule has 1 aromatic rings. The number of ketones is 1. The van der Waals surface area contributed by atoms with Gasteiger partial charge < -0.3 is 4.90 Å². The average Bonchev–Trinajstić information content (AvgIpc) is 2.16. The fourth-order valence-electron chi connectivity index (χ4n) is 1.21. The van der Waals surface area contributed by atoms with Gasteiger partial charge in [-0.1, -0.05) is 0 Å². The minimum Gasteiger partial charge on any atom is -0.373 e. The molecule has 0 atom stereocenters. The lowest BCUT2D eigenvalue weighted by molar-refractivity contribution is 0.101. The Bertz CT molecular complexity index is 349. The Labute approximate surface area is 83.3 Å². The Morgan fingerprint density at radius 1 is 1.50 bits per heavy atom.